The lowest BCUT2D eigenvalue weighted by Gasteiger charge is -2.13. The summed E-state index contributed by atoms with van der Waals surface area (Å²) in [7, 11) is -4.54. The van der Waals surface area contributed by atoms with Crippen LogP contribution < -0.4 is 11.1 Å². The number of anilines is 2. The molecule has 0 spiro atoms. The summed E-state index contributed by atoms with van der Waals surface area (Å²) in [6.07, 6.45) is 0. The second-order valence-electron chi connectivity index (χ2n) is 5.89. The van der Waals surface area contributed by atoms with Gasteiger partial charge in [-0.25, -0.2) is 0 Å². The van der Waals surface area contributed by atoms with Gasteiger partial charge in [0.25, 0.3) is 22.0 Å². The number of nitrogens with two attached hydrogens (primary N) is 1. The molecule has 0 unspecified atom stereocenters. The molecule has 3 aromatic carbocycles. The first kappa shape index (κ1) is 21.7. The summed E-state index contributed by atoms with van der Waals surface area (Å²) in [5, 5.41) is 20.6. The molecule has 3 aromatic rings. The molecule has 10 heteroatoms. The predicted molar refractivity (Wildman–Crippen MR) is 108 cm³/mol. The molecule has 0 radical (unpaired) electrons. The van der Waals surface area contributed by atoms with Gasteiger partial charge in [-0.1, -0.05) is 30.3 Å². The zero-order valence-electron chi connectivity index (χ0n) is 15.2. The lowest BCUT2D eigenvalue weighted by atomic mass is 10.1. The van der Waals surface area contributed by atoms with Crippen LogP contribution in [-0.4, -0.2) is 35.1 Å². The van der Waals surface area contributed by atoms with Gasteiger partial charge in [-0.05, 0) is 18.2 Å². The van der Waals surface area contributed by atoms with E-state index in [0.29, 0.717) is 5.69 Å². The van der Waals surface area contributed by atoms with E-state index in [9.17, 15) is 22.9 Å². The van der Waals surface area contributed by atoms with Crippen LogP contribution in [0.3, 0.4) is 0 Å². The van der Waals surface area contributed by atoms with Crippen molar-refractivity contribution in [1.82, 2.24) is 0 Å². The summed E-state index contributed by atoms with van der Waals surface area (Å²) in [5.41, 5.74) is 6.38. The van der Waals surface area contributed by atoms with Crippen LogP contribution in [0.5, 0.6) is 5.75 Å². The second kappa shape index (κ2) is 8.59. The first-order valence-electron chi connectivity index (χ1n) is 8.09. The Morgan fingerprint density at radius 1 is 1.00 bits per heavy atom. The van der Waals surface area contributed by atoms with E-state index in [2.05, 4.69) is 5.32 Å². The van der Waals surface area contributed by atoms with Crippen LogP contribution in [0.4, 0.5) is 11.4 Å². The van der Waals surface area contributed by atoms with Crippen molar-refractivity contribution in [2.45, 2.75) is 11.8 Å². The van der Waals surface area contributed by atoms with E-state index in [1.807, 2.05) is 0 Å². The van der Waals surface area contributed by atoms with Crippen molar-refractivity contribution in [1.29, 1.82) is 0 Å². The average Bonchev–Trinajstić information content (AvgIpc) is 2.62. The number of carbonyl (C=O) groups is 2. The topological polar surface area (TPSA) is 167 Å². The summed E-state index contributed by atoms with van der Waals surface area (Å²) < 4.78 is 32.4. The van der Waals surface area contributed by atoms with E-state index in [-0.39, 0.29) is 22.0 Å². The van der Waals surface area contributed by atoms with E-state index in [0.717, 1.165) is 13.0 Å². The van der Waals surface area contributed by atoms with Gasteiger partial charge in [-0.3, -0.25) is 14.1 Å². The number of benzene rings is 3. The number of fused-ring (bicyclic) bond motifs is 1. The van der Waals surface area contributed by atoms with Gasteiger partial charge < -0.3 is 21.3 Å². The average molecular weight is 418 g/mol. The molecule has 0 saturated carbocycles. The molecular weight excluding hydrogens is 400 g/mol. The molecule has 0 fully saturated rings. The molecule has 6 N–H and O–H groups in total. The highest BCUT2D eigenvalue weighted by molar-refractivity contribution is 7.86. The van der Waals surface area contributed by atoms with Gasteiger partial charge in [0.05, 0.1) is 5.69 Å². The van der Waals surface area contributed by atoms with E-state index in [1.54, 1.807) is 30.3 Å². The number of phenolic OH excluding ortho intramolecular Hbond substituents is 1. The second-order valence-corrected chi connectivity index (χ2v) is 7.28. The third kappa shape index (κ3) is 5.43. The number of aliphatic carboxylic acids is 1. The zero-order valence-corrected chi connectivity index (χ0v) is 16.0. The fourth-order valence-corrected chi connectivity index (χ4v) is 3.25. The number of carboxylic acids is 1. The Morgan fingerprint density at radius 2 is 1.59 bits per heavy atom. The van der Waals surface area contributed by atoms with Crippen molar-refractivity contribution in [2.24, 2.45) is 0 Å². The van der Waals surface area contributed by atoms with Crippen molar-refractivity contribution in [3.05, 3.63) is 60.2 Å². The predicted octanol–water partition coefficient (Wildman–Crippen LogP) is 2.72. The summed E-state index contributed by atoms with van der Waals surface area (Å²) in [5.74, 6) is -1.84. The molecule has 0 aliphatic carbocycles. The fourth-order valence-electron chi connectivity index (χ4n) is 2.54. The molecular formula is C19H18N2O7S. The minimum Gasteiger partial charge on any atom is -0.506 e. The van der Waals surface area contributed by atoms with Gasteiger partial charge in [0.1, 0.15) is 10.6 Å². The Morgan fingerprint density at radius 3 is 2.14 bits per heavy atom. The van der Waals surface area contributed by atoms with Crippen molar-refractivity contribution in [2.75, 3.05) is 11.1 Å². The monoisotopic (exact) mass is 418 g/mol. The molecule has 0 atom stereocenters. The van der Waals surface area contributed by atoms with Gasteiger partial charge in [0.2, 0.25) is 0 Å². The molecule has 9 nitrogen and oxygen atoms in total. The number of carboxylic acid groups (broad SMARTS) is 1. The minimum atomic E-state index is -4.54. The first-order chi connectivity index (χ1) is 13.5. The third-order valence-corrected chi connectivity index (χ3v) is 4.54. The molecule has 0 aliphatic heterocycles. The largest absolute Gasteiger partial charge is 0.506 e. The maximum Gasteiger partial charge on any atom is 0.300 e. The molecule has 0 bridgehead atoms. The normalized spacial score (nSPS) is 10.7. The number of carbonyl (C=O) groups excluding carboxylic acids is 1. The van der Waals surface area contributed by atoms with Gasteiger partial charge in [-0.15, -0.1) is 0 Å². The molecule has 0 aliphatic rings. The number of amides is 1. The number of phenols is 1. The van der Waals surface area contributed by atoms with Gasteiger partial charge in [0, 0.05) is 35.0 Å². The first-order valence-corrected chi connectivity index (χ1v) is 9.53. The van der Waals surface area contributed by atoms with E-state index >= 15 is 0 Å². The fraction of sp³-hybridized carbons (Fsp3) is 0.0526. The maximum atomic E-state index is 12.4. The van der Waals surface area contributed by atoms with Crippen molar-refractivity contribution >= 4 is 44.1 Å². The molecule has 3 rings (SSSR count). The summed E-state index contributed by atoms with van der Waals surface area (Å²) >= 11 is 0. The molecule has 0 saturated heterocycles. The minimum absolute atomic E-state index is 0.0374. The Labute approximate surface area is 166 Å². The Balaban J connectivity index is 0.000000687. The maximum absolute atomic E-state index is 12.4. The van der Waals surface area contributed by atoms with Crippen LogP contribution in [0, 0.1) is 0 Å². The number of aromatic hydroxyl groups is 1. The van der Waals surface area contributed by atoms with Crippen LogP contribution in [0.15, 0.2) is 59.5 Å². The number of nitrogen functional groups attached to an aromatic ring is 1. The van der Waals surface area contributed by atoms with Crippen molar-refractivity contribution in [3.8, 4) is 5.75 Å². The van der Waals surface area contributed by atoms with Crippen molar-refractivity contribution < 1.29 is 32.8 Å². The van der Waals surface area contributed by atoms with Crippen LogP contribution in [0.2, 0.25) is 0 Å². The number of rotatable bonds is 3. The van der Waals surface area contributed by atoms with E-state index in [1.165, 1.54) is 18.2 Å². The van der Waals surface area contributed by atoms with Gasteiger partial charge >= 0.3 is 0 Å². The van der Waals surface area contributed by atoms with E-state index < -0.39 is 32.6 Å². The third-order valence-electron chi connectivity index (χ3n) is 3.65. The van der Waals surface area contributed by atoms with Gasteiger partial charge in [0.15, 0.2) is 0 Å². The Bertz CT molecular complexity index is 1190. The van der Waals surface area contributed by atoms with Crippen molar-refractivity contribution in [3.63, 3.8) is 0 Å². The smallest absolute Gasteiger partial charge is 0.300 e. The summed E-state index contributed by atoms with van der Waals surface area (Å²) in [6.45, 7) is 1.08. The lowest BCUT2D eigenvalue weighted by Crippen LogP contribution is -2.13. The van der Waals surface area contributed by atoms with Gasteiger partial charge in [-0.2, -0.15) is 8.42 Å². The molecule has 29 heavy (non-hydrogen) atoms. The Kier molecular flexibility index (Phi) is 6.42. The van der Waals surface area contributed by atoms with Crippen LogP contribution in [0.25, 0.3) is 10.8 Å². The number of nitrogens with one attached hydrogen (secondary N) is 1. The number of hydrogen-bond donors (Lipinski definition) is 5. The highest BCUT2D eigenvalue weighted by atomic mass is 32.2. The molecule has 1 amide bonds. The molecule has 152 valence electrons. The summed E-state index contributed by atoms with van der Waals surface area (Å²) in [4.78, 5) is 21.0. The molecule has 0 heterocycles. The SMILES string of the molecule is CC(=O)O.Nc1cccc(C(=O)Nc2c(O)cc(S(=O)(=O)O)c3ccccc23)c1. The highest BCUT2D eigenvalue weighted by Crippen LogP contribution is 2.37. The highest BCUT2D eigenvalue weighted by Gasteiger charge is 2.20. The quantitative estimate of drug-likeness (QED) is 0.246. The van der Waals surface area contributed by atoms with Crippen LogP contribution >= 0.6 is 0 Å². The number of hydrogen-bond acceptors (Lipinski definition) is 6. The lowest BCUT2D eigenvalue weighted by molar-refractivity contribution is -0.134. The Hall–Kier alpha value is -3.63. The van der Waals surface area contributed by atoms with E-state index in [4.69, 9.17) is 15.6 Å². The standard InChI is InChI=1S/C17H14N2O5S.C2H4O2/c18-11-5-3-4-10(8-11)17(21)19-16-13-7-2-1-6-12(13)15(9-14(16)20)25(22,23)24;1-2(3)4/h1-9,20H,18H2,(H,19,21)(H,22,23,24);1H3,(H,3,4). The molecule has 0 aromatic heterocycles. The summed E-state index contributed by atoms with van der Waals surface area (Å²) in [6, 6.07) is 13.4. The van der Waals surface area contributed by atoms with Crippen LogP contribution in [0.1, 0.15) is 17.3 Å². The zero-order chi connectivity index (χ0) is 21.8. The van der Waals surface area contributed by atoms with Crippen LogP contribution in [-0.2, 0) is 14.9 Å².